The van der Waals surface area contributed by atoms with Crippen molar-refractivity contribution in [3.05, 3.63) is 26.6 Å². The van der Waals surface area contributed by atoms with E-state index in [1.54, 1.807) is 11.3 Å². The Morgan fingerprint density at radius 3 is 2.77 bits per heavy atom. The van der Waals surface area contributed by atoms with Crippen molar-refractivity contribution < 1.29 is 4.79 Å². The molecule has 0 radical (unpaired) electrons. The van der Waals surface area contributed by atoms with Gasteiger partial charge in [-0.15, -0.1) is 11.3 Å². The maximum absolute atomic E-state index is 12.7. The Morgan fingerprint density at radius 1 is 1.31 bits per heavy atom. The Labute approximate surface area is 157 Å². The van der Waals surface area contributed by atoms with Crippen LogP contribution in [0.25, 0.3) is 10.2 Å². The van der Waals surface area contributed by atoms with Crippen LogP contribution in [0.4, 0.5) is 0 Å². The van der Waals surface area contributed by atoms with E-state index in [1.807, 2.05) is 0 Å². The largest absolute Gasteiger partial charge is 0.353 e. The van der Waals surface area contributed by atoms with Crippen molar-refractivity contribution in [1.82, 2.24) is 15.3 Å². The molecule has 1 fully saturated rings. The molecule has 6 heteroatoms. The van der Waals surface area contributed by atoms with Crippen molar-refractivity contribution in [3.63, 3.8) is 0 Å². The third-order valence-electron chi connectivity index (χ3n) is 5.72. The van der Waals surface area contributed by atoms with Crippen molar-refractivity contribution in [2.75, 3.05) is 0 Å². The molecule has 140 valence electrons. The second-order valence-electron chi connectivity index (χ2n) is 8.84. The van der Waals surface area contributed by atoms with Gasteiger partial charge >= 0.3 is 0 Å². The van der Waals surface area contributed by atoms with Gasteiger partial charge in [-0.1, -0.05) is 20.8 Å². The molecule has 2 N–H and O–H groups in total. The molecule has 0 unspecified atom stereocenters. The van der Waals surface area contributed by atoms with Crippen molar-refractivity contribution in [2.24, 2.45) is 11.3 Å². The van der Waals surface area contributed by atoms with Crippen LogP contribution in [-0.2, 0) is 24.1 Å². The van der Waals surface area contributed by atoms with Crippen LogP contribution in [-0.4, -0.2) is 21.9 Å². The van der Waals surface area contributed by atoms with E-state index < -0.39 is 0 Å². The molecule has 0 aromatic carbocycles. The van der Waals surface area contributed by atoms with Gasteiger partial charge in [-0.2, -0.15) is 0 Å². The van der Waals surface area contributed by atoms with Gasteiger partial charge in [-0.05, 0) is 49.0 Å². The van der Waals surface area contributed by atoms with E-state index in [9.17, 15) is 9.59 Å². The van der Waals surface area contributed by atoms with Gasteiger partial charge in [0, 0.05) is 23.8 Å². The molecule has 2 aliphatic carbocycles. The van der Waals surface area contributed by atoms with E-state index in [0.29, 0.717) is 30.6 Å². The number of aromatic nitrogens is 2. The number of aryl methyl sites for hydroxylation is 2. The van der Waals surface area contributed by atoms with E-state index in [-0.39, 0.29) is 16.9 Å². The van der Waals surface area contributed by atoms with Crippen molar-refractivity contribution in [2.45, 2.75) is 71.8 Å². The maximum Gasteiger partial charge on any atom is 0.259 e. The van der Waals surface area contributed by atoms with Crippen LogP contribution in [0.3, 0.4) is 0 Å². The van der Waals surface area contributed by atoms with Crippen LogP contribution in [0.2, 0.25) is 0 Å². The Morgan fingerprint density at radius 2 is 2.08 bits per heavy atom. The Bertz CT molecular complexity index is 902. The standard InChI is InChI=1S/C20H27N3O2S/c1-20(2,3)11-4-7-13-14(10-11)26-19-17(13)18(25)22-15(23-19)8-9-16(24)21-12-5-6-12/h11-12H,4-10H2,1-3H3,(H,21,24)(H,22,23,25)/t11-/m1/s1. The third-order valence-corrected chi connectivity index (χ3v) is 6.87. The molecule has 2 aliphatic rings. The number of nitrogens with zero attached hydrogens (tertiary/aromatic N) is 1. The normalized spacial score (nSPS) is 20.2. The molecule has 4 rings (SSSR count). The first kappa shape index (κ1) is 17.7. The van der Waals surface area contributed by atoms with Crippen LogP contribution in [0.15, 0.2) is 4.79 Å². The molecule has 1 atom stereocenters. The lowest BCUT2D eigenvalue weighted by Gasteiger charge is -2.33. The Balaban J connectivity index is 1.56. The predicted molar refractivity (Wildman–Crippen MR) is 105 cm³/mol. The van der Waals surface area contributed by atoms with Gasteiger partial charge < -0.3 is 10.3 Å². The summed E-state index contributed by atoms with van der Waals surface area (Å²) >= 11 is 1.67. The summed E-state index contributed by atoms with van der Waals surface area (Å²) < 4.78 is 0. The summed E-state index contributed by atoms with van der Waals surface area (Å²) in [6, 6.07) is 0.372. The fourth-order valence-corrected chi connectivity index (χ4v) is 5.16. The number of rotatable bonds is 4. The number of hydrogen-bond donors (Lipinski definition) is 2. The fraction of sp³-hybridized carbons (Fsp3) is 0.650. The van der Waals surface area contributed by atoms with Crippen LogP contribution in [0, 0.1) is 11.3 Å². The summed E-state index contributed by atoms with van der Waals surface area (Å²) in [6.45, 7) is 6.89. The number of nitrogens with one attached hydrogen (secondary N) is 2. The first-order valence-corrected chi connectivity index (χ1v) is 10.5. The number of carbonyl (C=O) groups excluding carboxylic acids is 1. The zero-order chi connectivity index (χ0) is 18.5. The van der Waals surface area contributed by atoms with Crippen molar-refractivity contribution >= 4 is 27.5 Å². The lowest BCUT2D eigenvalue weighted by atomic mass is 9.72. The minimum atomic E-state index is -0.0423. The highest BCUT2D eigenvalue weighted by atomic mass is 32.1. The molecule has 0 saturated heterocycles. The second-order valence-corrected chi connectivity index (χ2v) is 9.93. The van der Waals surface area contributed by atoms with Gasteiger partial charge in [-0.25, -0.2) is 4.98 Å². The molecule has 2 aromatic rings. The highest BCUT2D eigenvalue weighted by Crippen LogP contribution is 2.41. The quantitative estimate of drug-likeness (QED) is 0.863. The molecule has 2 aromatic heterocycles. The Hall–Kier alpha value is -1.69. The minimum Gasteiger partial charge on any atom is -0.353 e. The smallest absolute Gasteiger partial charge is 0.259 e. The molecule has 26 heavy (non-hydrogen) atoms. The maximum atomic E-state index is 12.7. The van der Waals surface area contributed by atoms with Gasteiger partial charge in [0.25, 0.3) is 5.56 Å². The van der Waals surface area contributed by atoms with E-state index in [1.165, 1.54) is 10.4 Å². The average molecular weight is 374 g/mol. The lowest BCUT2D eigenvalue weighted by Crippen LogP contribution is -2.26. The zero-order valence-corrected chi connectivity index (χ0v) is 16.6. The minimum absolute atomic E-state index is 0.0423. The summed E-state index contributed by atoms with van der Waals surface area (Å²) in [4.78, 5) is 34.3. The highest BCUT2D eigenvalue weighted by Gasteiger charge is 2.31. The molecular weight excluding hydrogens is 346 g/mol. The molecule has 0 spiro atoms. The van der Waals surface area contributed by atoms with Gasteiger partial charge in [0.1, 0.15) is 10.7 Å². The van der Waals surface area contributed by atoms with E-state index in [0.717, 1.165) is 42.3 Å². The van der Waals surface area contributed by atoms with Crippen molar-refractivity contribution in [1.29, 1.82) is 0 Å². The molecule has 0 aliphatic heterocycles. The third kappa shape index (κ3) is 3.56. The average Bonchev–Trinajstić information content (AvgIpc) is 3.28. The topological polar surface area (TPSA) is 74.8 Å². The number of amides is 1. The SMILES string of the molecule is CC(C)(C)[C@@H]1CCc2c(sc3nc(CCC(=O)NC4CC4)[nH]c(=O)c23)C1. The first-order chi connectivity index (χ1) is 12.3. The van der Waals surface area contributed by atoms with Gasteiger partial charge in [0.15, 0.2) is 0 Å². The first-order valence-electron chi connectivity index (χ1n) is 9.64. The number of fused-ring (bicyclic) bond motifs is 3. The number of carbonyl (C=O) groups is 1. The molecule has 0 bridgehead atoms. The number of H-pyrrole nitrogens is 1. The zero-order valence-electron chi connectivity index (χ0n) is 15.8. The number of hydrogen-bond acceptors (Lipinski definition) is 4. The van der Waals surface area contributed by atoms with E-state index >= 15 is 0 Å². The molecular formula is C20H27N3O2S. The summed E-state index contributed by atoms with van der Waals surface area (Å²) in [6.07, 6.45) is 6.17. The fourth-order valence-electron chi connectivity index (χ4n) is 3.85. The Kier molecular flexibility index (Phi) is 4.41. The predicted octanol–water partition coefficient (Wildman–Crippen LogP) is 3.35. The summed E-state index contributed by atoms with van der Waals surface area (Å²) in [5, 5.41) is 3.76. The van der Waals surface area contributed by atoms with Crippen LogP contribution < -0.4 is 10.9 Å². The van der Waals surface area contributed by atoms with E-state index in [4.69, 9.17) is 0 Å². The van der Waals surface area contributed by atoms with Gasteiger partial charge in [-0.3, -0.25) is 9.59 Å². The lowest BCUT2D eigenvalue weighted by molar-refractivity contribution is -0.121. The molecule has 2 heterocycles. The molecule has 5 nitrogen and oxygen atoms in total. The van der Waals surface area contributed by atoms with E-state index in [2.05, 4.69) is 36.1 Å². The number of aromatic amines is 1. The molecule has 1 amide bonds. The summed E-state index contributed by atoms with van der Waals surface area (Å²) in [5.41, 5.74) is 1.45. The van der Waals surface area contributed by atoms with Gasteiger partial charge in [0.2, 0.25) is 5.91 Å². The summed E-state index contributed by atoms with van der Waals surface area (Å²) in [7, 11) is 0. The van der Waals surface area contributed by atoms with Gasteiger partial charge in [0.05, 0.1) is 5.39 Å². The monoisotopic (exact) mass is 373 g/mol. The highest BCUT2D eigenvalue weighted by molar-refractivity contribution is 7.18. The van der Waals surface area contributed by atoms with Crippen LogP contribution in [0.1, 0.15) is 62.7 Å². The number of thiophene rings is 1. The second kappa shape index (κ2) is 6.48. The summed E-state index contributed by atoms with van der Waals surface area (Å²) in [5.74, 6) is 1.32. The van der Waals surface area contributed by atoms with Crippen molar-refractivity contribution in [3.8, 4) is 0 Å². The van der Waals surface area contributed by atoms with Crippen LogP contribution >= 0.6 is 11.3 Å². The molecule has 1 saturated carbocycles. The van der Waals surface area contributed by atoms with Crippen LogP contribution in [0.5, 0.6) is 0 Å².